The highest BCUT2D eigenvalue weighted by molar-refractivity contribution is 5.61. The Labute approximate surface area is 144 Å². The highest BCUT2D eigenvalue weighted by Crippen LogP contribution is 2.31. The smallest absolute Gasteiger partial charge is 0.315 e. The summed E-state index contributed by atoms with van der Waals surface area (Å²) in [5, 5.41) is 12.4. The van der Waals surface area contributed by atoms with E-state index in [1.165, 1.54) is 6.07 Å². The zero-order valence-electron chi connectivity index (χ0n) is 14.1. The second kappa shape index (κ2) is 8.08. The summed E-state index contributed by atoms with van der Waals surface area (Å²) in [6, 6.07) is 8.81. The summed E-state index contributed by atoms with van der Waals surface area (Å²) in [7, 11) is 0. The fraction of sp³-hybridized carbons (Fsp3) is 0.389. The molecule has 0 aliphatic rings. The monoisotopic (exact) mass is 348 g/mol. The first-order valence-electron chi connectivity index (χ1n) is 7.98. The van der Waals surface area contributed by atoms with Gasteiger partial charge in [-0.1, -0.05) is 26.0 Å². The number of halogens is 3. The normalized spacial score (nSPS) is 11.6. The molecule has 132 valence electrons. The van der Waals surface area contributed by atoms with Crippen LogP contribution in [0.25, 0.3) is 11.3 Å². The molecule has 0 unspecified atom stereocenters. The molecule has 0 amide bonds. The molecule has 0 atom stereocenters. The van der Waals surface area contributed by atoms with Crippen LogP contribution in [0.5, 0.6) is 0 Å². The Bertz CT molecular complexity index is 764. The van der Waals surface area contributed by atoms with E-state index in [1.807, 2.05) is 19.9 Å². The molecule has 2 rings (SSSR count). The summed E-state index contributed by atoms with van der Waals surface area (Å²) in [5.74, 6) is -0.0401. The third-order valence-corrected chi connectivity index (χ3v) is 3.53. The van der Waals surface area contributed by atoms with Crippen LogP contribution >= 0.6 is 0 Å². The van der Waals surface area contributed by atoms with Crippen molar-refractivity contribution in [2.45, 2.75) is 38.9 Å². The van der Waals surface area contributed by atoms with E-state index in [0.717, 1.165) is 25.1 Å². The summed E-state index contributed by atoms with van der Waals surface area (Å²) < 4.78 is 38.7. The molecule has 0 bridgehead atoms. The zero-order chi connectivity index (χ0) is 18.4. The van der Waals surface area contributed by atoms with Crippen molar-refractivity contribution in [3.8, 4) is 17.3 Å². The van der Waals surface area contributed by atoms with E-state index in [0.29, 0.717) is 29.4 Å². The molecule has 0 aliphatic heterocycles. The lowest BCUT2D eigenvalue weighted by atomic mass is 10.1. The summed E-state index contributed by atoms with van der Waals surface area (Å²) in [5.41, 5.74) is 0.536. The predicted molar refractivity (Wildman–Crippen MR) is 88.6 cm³/mol. The lowest BCUT2D eigenvalue weighted by Crippen LogP contribution is -2.24. The van der Waals surface area contributed by atoms with Crippen LogP contribution in [0.15, 0.2) is 30.3 Å². The highest BCUT2D eigenvalue weighted by atomic mass is 19.4. The first kappa shape index (κ1) is 18.9. The number of benzene rings is 1. The van der Waals surface area contributed by atoms with Gasteiger partial charge < -0.3 is 5.32 Å². The molecule has 0 fully saturated rings. The number of aryl methyl sites for hydroxylation is 1. The molecule has 0 radical (unpaired) electrons. The van der Waals surface area contributed by atoms with Crippen LogP contribution < -0.4 is 5.32 Å². The van der Waals surface area contributed by atoms with Crippen LogP contribution in [0.3, 0.4) is 0 Å². The van der Waals surface area contributed by atoms with Gasteiger partial charge in [-0.05, 0) is 37.6 Å². The van der Waals surface area contributed by atoms with Crippen molar-refractivity contribution in [1.29, 1.82) is 5.26 Å². The minimum absolute atomic E-state index is 0.0401. The first-order valence-corrected chi connectivity index (χ1v) is 7.98. The van der Waals surface area contributed by atoms with Gasteiger partial charge in [-0.3, -0.25) is 0 Å². The molecule has 4 nitrogen and oxygen atoms in total. The van der Waals surface area contributed by atoms with Crippen molar-refractivity contribution in [2.24, 2.45) is 0 Å². The molecule has 2 aromatic rings. The van der Waals surface area contributed by atoms with Crippen LogP contribution in [0, 0.1) is 11.3 Å². The average molecular weight is 348 g/mol. The van der Waals surface area contributed by atoms with Crippen LogP contribution in [0.1, 0.15) is 37.4 Å². The summed E-state index contributed by atoms with van der Waals surface area (Å²) >= 11 is 0. The molecule has 1 heterocycles. The molecule has 1 N–H and O–H groups in total. The Balaban J connectivity index is 2.26. The molecule has 25 heavy (non-hydrogen) atoms. The van der Waals surface area contributed by atoms with Crippen molar-refractivity contribution in [3.05, 3.63) is 47.4 Å². The average Bonchev–Trinajstić information content (AvgIpc) is 2.57. The van der Waals surface area contributed by atoms with Gasteiger partial charge in [0, 0.05) is 17.3 Å². The lowest BCUT2D eigenvalue weighted by Gasteiger charge is -2.10. The Hall–Kier alpha value is -2.46. The Morgan fingerprint density at radius 2 is 1.96 bits per heavy atom. The summed E-state index contributed by atoms with van der Waals surface area (Å²) in [6.45, 7) is 4.89. The van der Waals surface area contributed by atoms with E-state index in [-0.39, 0.29) is 5.82 Å². The zero-order valence-corrected chi connectivity index (χ0v) is 14.1. The van der Waals surface area contributed by atoms with Crippen molar-refractivity contribution in [2.75, 3.05) is 6.54 Å². The molecule has 0 saturated heterocycles. The van der Waals surface area contributed by atoms with Gasteiger partial charge >= 0.3 is 6.18 Å². The Kier molecular flexibility index (Phi) is 6.10. The van der Waals surface area contributed by atoms with E-state index in [1.54, 1.807) is 12.1 Å². The van der Waals surface area contributed by atoms with Gasteiger partial charge in [0.1, 0.15) is 6.07 Å². The van der Waals surface area contributed by atoms with Crippen molar-refractivity contribution in [3.63, 3.8) is 0 Å². The Morgan fingerprint density at radius 3 is 2.60 bits per heavy atom. The molecular weight excluding hydrogens is 329 g/mol. The molecule has 0 spiro atoms. The largest absolute Gasteiger partial charge is 0.416 e. The molecule has 7 heteroatoms. The van der Waals surface area contributed by atoms with Crippen LogP contribution in [0.4, 0.5) is 13.2 Å². The highest BCUT2D eigenvalue weighted by Gasteiger charge is 2.30. The van der Waals surface area contributed by atoms with Gasteiger partial charge in [0.15, 0.2) is 0 Å². The molecule has 0 aliphatic carbocycles. The van der Waals surface area contributed by atoms with Gasteiger partial charge in [0.25, 0.3) is 0 Å². The van der Waals surface area contributed by atoms with Gasteiger partial charge in [-0.2, -0.15) is 18.4 Å². The molecule has 1 aromatic heterocycles. The number of hydrogen-bond donors (Lipinski definition) is 1. The fourth-order valence-corrected chi connectivity index (χ4v) is 2.34. The second-order valence-electron chi connectivity index (χ2n) is 5.97. The number of nitrogens with one attached hydrogen (secondary N) is 1. The van der Waals surface area contributed by atoms with E-state index < -0.39 is 11.7 Å². The number of nitrogens with zero attached hydrogens (tertiary/aromatic N) is 3. The van der Waals surface area contributed by atoms with Crippen LogP contribution in [-0.2, 0) is 12.6 Å². The molecule has 0 saturated carbocycles. The third kappa shape index (κ3) is 5.54. The third-order valence-electron chi connectivity index (χ3n) is 3.53. The standard InChI is InChI=1S/C18H19F3N4/c1-12(2)23-8-4-7-15-10-16(25-17(11-22)24-15)13-5-3-6-14(9-13)18(19,20)21/h3,5-6,9-10,12,23H,4,7-8H2,1-2H3. The lowest BCUT2D eigenvalue weighted by molar-refractivity contribution is -0.137. The number of nitriles is 1. The van der Waals surface area contributed by atoms with Crippen LogP contribution in [-0.4, -0.2) is 22.6 Å². The fourth-order valence-electron chi connectivity index (χ4n) is 2.34. The van der Waals surface area contributed by atoms with E-state index in [9.17, 15) is 13.2 Å². The van der Waals surface area contributed by atoms with Gasteiger partial charge in [-0.15, -0.1) is 0 Å². The summed E-state index contributed by atoms with van der Waals surface area (Å²) in [4.78, 5) is 8.19. The van der Waals surface area contributed by atoms with E-state index in [4.69, 9.17) is 5.26 Å². The maximum Gasteiger partial charge on any atom is 0.416 e. The van der Waals surface area contributed by atoms with Gasteiger partial charge in [-0.25, -0.2) is 9.97 Å². The number of hydrogen-bond acceptors (Lipinski definition) is 4. The van der Waals surface area contributed by atoms with Crippen molar-refractivity contribution >= 4 is 0 Å². The SMILES string of the molecule is CC(C)NCCCc1cc(-c2cccc(C(F)(F)F)c2)nc(C#N)n1. The predicted octanol–water partition coefficient (Wildman–Crippen LogP) is 3.96. The minimum Gasteiger partial charge on any atom is -0.315 e. The van der Waals surface area contributed by atoms with Crippen LogP contribution in [0.2, 0.25) is 0 Å². The van der Waals surface area contributed by atoms with E-state index in [2.05, 4.69) is 15.3 Å². The van der Waals surface area contributed by atoms with Gasteiger partial charge in [0.05, 0.1) is 11.3 Å². The second-order valence-corrected chi connectivity index (χ2v) is 5.97. The minimum atomic E-state index is -4.42. The number of alkyl halides is 3. The maximum absolute atomic E-state index is 12.9. The first-order chi connectivity index (χ1) is 11.8. The molecule has 1 aromatic carbocycles. The maximum atomic E-state index is 12.9. The van der Waals surface area contributed by atoms with Crippen molar-refractivity contribution in [1.82, 2.24) is 15.3 Å². The summed E-state index contributed by atoms with van der Waals surface area (Å²) in [6.07, 6.45) is -3.00. The number of aromatic nitrogens is 2. The van der Waals surface area contributed by atoms with Gasteiger partial charge in [0.2, 0.25) is 5.82 Å². The topological polar surface area (TPSA) is 61.6 Å². The quantitative estimate of drug-likeness (QED) is 0.803. The number of rotatable bonds is 6. The van der Waals surface area contributed by atoms with Crippen molar-refractivity contribution < 1.29 is 13.2 Å². The Morgan fingerprint density at radius 1 is 1.20 bits per heavy atom. The molecular formula is C18H19F3N4. The van der Waals surface area contributed by atoms with E-state index >= 15 is 0 Å².